The topological polar surface area (TPSA) is 94.6 Å². The van der Waals surface area contributed by atoms with Crippen LogP contribution < -0.4 is 14.5 Å². The average Bonchev–Trinajstić information content (AvgIpc) is 3.69. The van der Waals surface area contributed by atoms with Gasteiger partial charge in [0.1, 0.15) is 28.3 Å². The first-order valence-corrected chi connectivity index (χ1v) is 17.5. The van der Waals surface area contributed by atoms with E-state index in [1.807, 2.05) is 48.5 Å². The minimum atomic E-state index is -1.11. The molecule has 3 heterocycles. The van der Waals surface area contributed by atoms with E-state index in [4.69, 9.17) is 14.3 Å². The summed E-state index contributed by atoms with van der Waals surface area (Å²) in [5, 5.41) is 17.4. The number of amides is 1. The molecule has 0 unspecified atom stereocenters. The highest BCUT2D eigenvalue weighted by atomic mass is 16.5. The van der Waals surface area contributed by atoms with Gasteiger partial charge in [-0.1, -0.05) is 42.5 Å². The first-order valence-electron chi connectivity index (χ1n) is 17.5. The summed E-state index contributed by atoms with van der Waals surface area (Å²) < 4.78 is 12.8. The predicted molar refractivity (Wildman–Crippen MR) is 201 cm³/mol. The number of ether oxygens (including phenoxy) is 1. The lowest BCUT2D eigenvalue weighted by Crippen LogP contribution is -2.44. The number of aromatic hydroxyl groups is 1. The second kappa shape index (κ2) is 12.7. The largest absolute Gasteiger partial charge is 0.507 e. The normalized spacial score (nSPS) is 14.1. The standard InChI is InChI=1S/C42H39N5O4/c1-5-45(6-2)28-18-20-33-38(24-28)50-39-25-29(46(7-3)8-4)19-21-34(39)42(33)32-14-10-9-13-30(32)41(49)47(42)43-26-27-17-22-36(48)31(23-27)40-44-35-15-11-12-16-37(35)51-40/h9-26,48H,5-8H2,1-4H3/b43-26+. The Morgan fingerprint density at radius 1 is 0.745 bits per heavy atom. The predicted octanol–water partition coefficient (Wildman–Crippen LogP) is 8.78. The Bertz CT molecular complexity index is 2230. The number of hydrogen-bond donors (Lipinski definition) is 1. The third kappa shape index (κ3) is 5.02. The number of oxazole rings is 1. The van der Waals surface area contributed by atoms with Gasteiger partial charge in [0.15, 0.2) is 5.58 Å². The number of anilines is 2. The van der Waals surface area contributed by atoms with Gasteiger partial charge in [0, 0.05) is 71.9 Å². The van der Waals surface area contributed by atoms with Gasteiger partial charge in [-0.25, -0.2) is 9.99 Å². The fourth-order valence-corrected chi connectivity index (χ4v) is 7.56. The number of phenolic OH excluding ortho intramolecular Hbond substituents is 1. The number of aromatic nitrogens is 1. The number of carbonyl (C=O) groups excluding carboxylic acids is 1. The molecular formula is C42H39N5O4. The van der Waals surface area contributed by atoms with Crippen LogP contribution in [0, 0.1) is 0 Å². The van der Waals surface area contributed by atoms with E-state index < -0.39 is 5.54 Å². The second-order valence-corrected chi connectivity index (χ2v) is 12.7. The average molecular weight is 678 g/mol. The number of hydrazone groups is 1. The monoisotopic (exact) mass is 677 g/mol. The van der Waals surface area contributed by atoms with Crippen LogP contribution in [0.1, 0.15) is 60.3 Å². The fraction of sp³-hybridized carbons (Fsp3) is 0.214. The molecule has 1 spiro atoms. The molecule has 1 N–H and O–H groups in total. The lowest BCUT2D eigenvalue weighted by Gasteiger charge is -2.42. The molecule has 5 aromatic carbocycles. The maximum Gasteiger partial charge on any atom is 0.275 e. The third-order valence-electron chi connectivity index (χ3n) is 10.1. The maximum atomic E-state index is 14.6. The molecule has 2 aliphatic heterocycles. The number of para-hydroxylation sites is 2. The zero-order valence-electron chi connectivity index (χ0n) is 29.1. The summed E-state index contributed by atoms with van der Waals surface area (Å²) in [5.74, 6) is 1.46. The summed E-state index contributed by atoms with van der Waals surface area (Å²) in [7, 11) is 0. The lowest BCUT2D eigenvalue weighted by molar-refractivity contribution is 0.0675. The molecule has 0 fully saturated rings. The van der Waals surface area contributed by atoms with Crippen LogP contribution in [0.15, 0.2) is 113 Å². The van der Waals surface area contributed by atoms with Crippen molar-refractivity contribution in [3.8, 4) is 28.7 Å². The van der Waals surface area contributed by atoms with Crippen molar-refractivity contribution >= 4 is 34.6 Å². The van der Waals surface area contributed by atoms with Crippen LogP contribution in [0.25, 0.3) is 22.6 Å². The van der Waals surface area contributed by atoms with E-state index in [0.29, 0.717) is 45.2 Å². The second-order valence-electron chi connectivity index (χ2n) is 12.7. The molecule has 0 saturated carbocycles. The first kappa shape index (κ1) is 32.1. The van der Waals surface area contributed by atoms with Crippen LogP contribution in [-0.4, -0.2) is 53.4 Å². The summed E-state index contributed by atoms with van der Waals surface area (Å²) in [4.78, 5) is 23.7. The number of benzene rings is 5. The van der Waals surface area contributed by atoms with Gasteiger partial charge in [-0.15, -0.1) is 0 Å². The molecule has 9 nitrogen and oxygen atoms in total. The molecular weight excluding hydrogens is 638 g/mol. The zero-order chi connectivity index (χ0) is 35.3. The molecule has 6 aromatic rings. The van der Waals surface area contributed by atoms with Gasteiger partial charge in [-0.05, 0) is 81.8 Å². The first-order chi connectivity index (χ1) is 24.9. The van der Waals surface area contributed by atoms with Gasteiger partial charge in [-0.3, -0.25) is 4.79 Å². The quantitative estimate of drug-likeness (QED) is 0.153. The number of hydrogen-bond acceptors (Lipinski definition) is 8. The van der Waals surface area contributed by atoms with E-state index in [1.165, 1.54) is 0 Å². The molecule has 0 saturated heterocycles. The van der Waals surface area contributed by atoms with E-state index in [9.17, 15) is 9.90 Å². The summed E-state index contributed by atoms with van der Waals surface area (Å²) in [6.45, 7) is 11.9. The van der Waals surface area contributed by atoms with Crippen molar-refractivity contribution in [1.82, 2.24) is 9.99 Å². The van der Waals surface area contributed by atoms with Gasteiger partial charge < -0.3 is 24.1 Å². The summed E-state index contributed by atoms with van der Waals surface area (Å²) in [6.07, 6.45) is 1.65. The molecule has 0 bridgehead atoms. The van der Waals surface area contributed by atoms with Crippen molar-refractivity contribution in [1.29, 1.82) is 0 Å². The molecule has 0 aliphatic carbocycles. The van der Waals surface area contributed by atoms with Gasteiger partial charge in [-0.2, -0.15) is 5.10 Å². The number of fused-ring (bicyclic) bond motifs is 7. The molecule has 8 rings (SSSR count). The van der Waals surface area contributed by atoms with E-state index in [-0.39, 0.29) is 11.7 Å². The Balaban J connectivity index is 1.32. The highest BCUT2D eigenvalue weighted by molar-refractivity contribution is 6.03. The Morgan fingerprint density at radius 2 is 1.37 bits per heavy atom. The maximum absolute atomic E-state index is 14.6. The number of rotatable bonds is 9. The van der Waals surface area contributed by atoms with E-state index in [2.05, 4.69) is 78.9 Å². The Hall–Kier alpha value is -6.09. The minimum Gasteiger partial charge on any atom is -0.507 e. The minimum absolute atomic E-state index is 0.0279. The molecule has 0 atom stereocenters. The fourth-order valence-electron chi connectivity index (χ4n) is 7.56. The summed E-state index contributed by atoms with van der Waals surface area (Å²) in [6, 6.07) is 32.8. The van der Waals surface area contributed by atoms with Crippen LogP contribution in [0.2, 0.25) is 0 Å². The molecule has 51 heavy (non-hydrogen) atoms. The van der Waals surface area contributed by atoms with E-state index >= 15 is 0 Å². The Morgan fingerprint density at radius 3 is 2.02 bits per heavy atom. The van der Waals surface area contributed by atoms with Gasteiger partial charge >= 0.3 is 0 Å². The SMILES string of the molecule is CCN(CC)c1ccc2c(c1)Oc1cc(N(CC)CC)ccc1C21c2ccccc2C(=O)N1/N=C/c1ccc(O)c(-c2nc3ccccc3o2)c1. The summed E-state index contributed by atoms with van der Waals surface area (Å²) in [5.41, 5.74) is 6.44. The van der Waals surface area contributed by atoms with Crippen molar-refractivity contribution in [2.24, 2.45) is 5.10 Å². The van der Waals surface area contributed by atoms with Crippen LogP contribution in [0.4, 0.5) is 11.4 Å². The molecule has 9 heteroatoms. The molecule has 256 valence electrons. The van der Waals surface area contributed by atoms with Crippen molar-refractivity contribution < 1.29 is 19.1 Å². The van der Waals surface area contributed by atoms with Crippen LogP contribution in [0.3, 0.4) is 0 Å². The molecule has 1 amide bonds. The molecule has 1 aromatic heterocycles. The number of carbonyl (C=O) groups is 1. The summed E-state index contributed by atoms with van der Waals surface area (Å²) >= 11 is 0. The number of nitrogens with zero attached hydrogens (tertiary/aromatic N) is 5. The van der Waals surface area contributed by atoms with Crippen molar-refractivity contribution in [3.63, 3.8) is 0 Å². The zero-order valence-corrected chi connectivity index (χ0v) is 29.1. The highest BCUT2D eigenvalue weighted by Crippen LogP contribution is 2.58. The van der Waals surface area contributed by atoms with Crippen molar-refractivity contribution in [3.05, 3.63) is 131 Å². The van der Waals surface area contributed by atoms with Gasteiger partial charge in [0.25, 0.3) is 5.91 Å². The molecule has 2 aliphatic rings. The van der Waals surface area contributed by atoms with Crippen LogP contribution in [0.5, 0.6) is 17.2 Å². The van der Waals surface area contributed by atoms with Crippen molar-refractivity contribution in [2.75, 3.05) is 36.0 Å². The van der Waals surface area contributed by atoms with Crippen LogP contribution >= 0.6 is 0 Å². The Kier molecular flexibility index (Phi) is 7.98. The lowest BCUT2D eigenvalue weighted by atomic mass is 9.75. The molecule has 0 radical (unpaired) electrons. The Labute approximate surface area is 297 Å². The van der Waals surface area contributed by atoms with E-state index in [1.54, 1.807) is 29.4 Å². The number of phenols is 1. The smallest absolute Gasteiger partial charge is 0.275 e. The van der Waals surface area contributed by atoms with Crippen molar-refractivity contribution in [2.45, 2.75) is 33.2 Å². The third-order valence-corrected chi connectivity index (χ3v) is 10.1. The van der Waals surface area contributed by atoms with Gasteiger partial charge in [0.2, 0.25) is 5.89 Å². The van der Waals surface area contributed by atoms with Crippen LogP contribution in [-0.2, 0) is 5.54 Å². The van der Waals surface area contributed by atoms with E-state index in [0.717, 1.165) is 54.2 Å². The van der Waals surface area contributed by atoms with Gasteiger partial charge in [0.05, 0.1) is 11.8 Å². The highest BCUT2D eigenvalue weighted by Gasteiger charge is 2.57.